The molecular weight excluding hydrogens is 267 g/mol. The van der Waals surface area contributed by atoms with Crippen molar-refractivity contribution in [1.82, 2.24) is 9.78 Å². The Kier molecular flexibility index (Phi) is 4.22. The van der Waals surface area contributed by atoms with E-state index in [2.05, 4.69) is 5.10 Å². The highest BCUT2D eigenvalue weighted by Crippen LogP contribution is 2.26. The van der Waals surface area contributed by atoms with E-state index in [9.17, 15) is 9.50 Å². The maximum Gasteiger partial charge on any atom is 0.123 e. The molecule has 0 saturated carbocycles. The predicted molar refractivity (Wildman–Crippen MR) is 72.9 cm³/mol. The largest absolute Gasteiger partial charge is 0.396 e. The average molecular weight is 283 g/mol. The van der Waals surface area contributed by atoms with Crippen LogP contribution in [0.5, 0.6) is 0 Å². The van der Waals surface area contributed by atoms with Gasteiger partial charge in [0, 0.05) is 13.0 Å². The number of aromatic nitrogens is 2. The molecule has 5 heteroatoms. The normalized spacial score (nSPS) is 12.7. The summed E-state index contributed by atoms with van der Waals surface area (Å²) in [4.78, 5) is 0. The summed E-state index contributed by atoms with van der Waals surface area (Å²) < 4.78 is 14.6. The molecule has 1 aromatic carbocycles. The van der Waals surface area contributed by atoms with Gasteiger partial charge in [0.05, 0.1) is 23.0 Å². The van der Waals surface area contributed by atoms with Crippen LogP contribution in [0, 0.1) is 12.7 Å². The smallest absolute Gasteiger partial charge is 0.123 e. The van der Waals surface area contributed by atoms with E-state index < -0.39 is 0 Å². The minimum absolute atomic E-state index is 0.0216. The molecule has 3 nitrogen and oxygen atoms in total. The van der Waals surface area contributed by atoms with Gasteiger partial charge in [-0.3, -0.25) is 4.68 Å². The molecule has 102 valence electrons. The molecule has 0 bridgehead atoms. The topological polar surface area (TPSA) is 38.0 Å². The number of aryl methyl sites for hydroxylation is 2. The van der Waals surface area contributed by atoms with E-state index in [1.165, 1.54) is 12.1 Å². The molecule has 1 unspecified atom stereocenters. The molecule has 0 aliphatic heterocycles. The van der Waals surface area contributed by atoms with Crippen molar-refractivity contribution in [2.45, 2.75) is 19.3 Å². The van der Waals surface area contributed by atoms with Crippen molar-refractivity contribution in [1.29, 1.82) is 0 Å². The van der Waals surface area contributed by atoms with Crippen molar-refractivity contribution in [3.8, 4) is 0 Å². The molecule has 0 amide bonds. The van der Waals surface area contributed by atoms with Gasteiger partial charge in [-0.05, 0) is 31.0 Å². The van der Waals surface area contributed by atoms with Gasteiger partial charge in [0.1, 0.15) is 5.82 Å². The van der Waals surface area contributed by atoms with Crippen molar-refractivity contribution >= 4 is 11.6 Å². The van der Waals surface area contributed by atoms with Gasteiger partial charge in [0.2, 0.25) is 0 Å². The number of hydrogen-bond donors (Lipinski definition) is 1. The molecule has 0 aliphatic carbocycles. The lowest BCUT2D eigenvalue weighted by Crippen LogP contribution is -2.11. The summed E-state index contributed by atoms with van der Waals surface area (Å²) >= 11 is 6.20. The van der Waals surface area contributed by atoms with Crippen molar-refractivity contribution in [3.63, 3.8) is 0 Å². The summed E-state index contributed by atoms with van der Waals surface area (Å²) in [6.45, 7) is 1.82. The molecule has 1 heterocycles. The Balaban J connectivity index is 2.26. The Labute approximate surface area is 116 Å². The fourth-order valence-electron chi connectivity index (χ4n) is 2.16. The molecule has 0 fully saturated rings. The van der Waals surface area contributed by atoms with E-state index in [1.54, 1.807) is 16.8 Å². The van der Waals surface area contributed by atoms with Crippen LogP contribution < -0.4 is 0 Å². The van der Waals surface area contributed by atoms with E-state index in [0.29, 0.717) is 11.4 Å². The third kappa shape index (κ3) is 2.96. The molecule has 1 aromatic heterocycles. The Morgan fingerprint density at radius 2 is 2.00 bits per heavy atom. The zero-order valence-electron chi connectivity index (χ0n) is 10.9. The zero-order valence-corrected chi connectivity index (χ0v) is 11.7. The molecule has 0 spiro atoms. The number of nitrogens with zero attached hydrogens (tertiary/aromatic N) is 2. The van der Waals surface area contributed by atoms with Crippen LogP contribution in [0.2, 0.25) is 5.02 Å². The Hall–Kier alpha value is -1.39. The van der Waals surface area contributed by atoms with E-state index in [4.69, 9.17) is 11.6 Å². The minimum Gasteiger partial charge on any atom is -0.396 e. The summed E-state index contributed by atoms with van der Waals surface area (Å²) in [6.07, 6.45) is 0.568. The number of benzene rings is 1. The SMILES string of the molecule is Cc1nn(C)c(CC(CO)c2ccc(F)cc2)c1Cl. The summed E-state index contributed by atoms with van der Waals surface area (Å²) in [5.41, 5.74) is 2.54. The van der Waals surface area contributed by atoms with Crippen LogP contribution in [0.4, 0.5) is 4.39 Å². The number of aliphatic hydroxyl groups excluding tert-OH is 1. The lowest BCUT2D eigenvalue weighted by atomic mass is 9.95. The van der Waals surface area contributed by atoms with Crippen LogP contribution >= 0.6 is 11.6 Å². The number of aliphatic hydroxyl groups is 1. The molecule has 1 N–H and O–H groups in total. The molecule has 1 atom stereocenters. The monoisotopic (exact) mass is 282 g/mol. The first-order valence-electron chi connectivity index (χ1n) is 6.07. The van der Waals surface area contributed by atoms with E-state index in [1.807, 2.05) is 14.0 Å². The molecular formula is C14H16ClFN2O. The second kappa shape index (κ2) is 5.72. The fourth-order valence-corrected chi connectivity index (χ4v) is 2.40. The second-order valence-corrected chi connectivity index (χ2v) is 4.98. The van der Waals surface area contributed by atoms with Crippen LogP contribution in [0.25, 0.3) is 0 Å². The number of halogens is 2. The van der Waals surface area contributed by atoms with Gasteiger partial charge < -0.3 is 5.11 Å². The van der Waals surface area contributed by atoms with Crippen LogP contribution in [-0.2, 0) is 13.5 Å². The Bertz CT molecular complexity index is 566. The Morgan fingerprint density at radius 3 is 2.47 bits per heavy atom. The molecule has 0 radical (unpaired) electrons. The van der Waals surface area contributed by atoms with Crippen molar-refractivity contribution in [2.75, 3.05) is 6.61 Å². The first-order valence-corrected chi connectivity index (χ1v) is 6.45. The van der Waals surface area contributed by atoms with E-state index >= 15 is 0 Å². The lowest BCUT2D eigenvalue weighted by molar-refractivity contribution is 0.263. The van der Waals surface area contributed by atoms with E-state index in [0.717, 1.165) is 17.0 Å². The van der Waals surface area contributed by atoms with Gasteiger partial charge in [-0.2, -0.15) is 5.10 Å². The van der Waals surface area contributed by atoms with E-state index in [-0.39, 0.29) is 18.3 Å². The standard InChI is InChI=1S/C14H16ClFN2O/c1-9-14(15)13(18(2)17-9)7-11(8-19)10-3-5-12(16)6-4-10/h3-6,11,19H,7-8H2,1-2H3. The maximum atomic E-state index is 12.9. The van der Waals surface area contributed by atoms with Crippen molar-refractivity contribution in [2.24, 2.45) is 7.05 Å². The summed E-state index contributed by atoms with van der Waals surface area (Å²) in [6, 6.07) is 6.17. The molecule has 2 rings (SSSR count). The second-order valence-electron chi connectivity index (χ2n) is 4.60. The van der Waals surface area contributed by atoms with Gasteiger partial charge in [-0.1, -0.05) is 23.7 Å². The minimum atomic E-state index is -0.283. The Morgan fingerprint density at radius 1 is 1.37 bits per heavy atom. The highest BCUT2D eigenvalue weighted by molar-refractivity contribution is 6.31. The molecule has 0 saturated heterocycles. The first-order chi connectivity index (χ1) is 9.02. The number of rotatable bonds is 4. The van der Waals surface area contributed by atoms with Gasteiger partial charge in [0.15, 0.2) is 0 Å². The highest BCUT2D eigenvalue weighted by Gasteiger charge is 2.18. The van der Waals surface area contributed by atoms with Crippen LogP contribution in [0.3, 0.4) is 0 Å². The molecule has 19 heavy (non-hydrogen) atoms. The van der Waals surface area contributed by atoms with Crippen LogP contribution in [0.15, 0.2) is 24.3 Å². The number of hydrogen-bond acceptors (Lipinski definition) is 2. The maximum absolute atomic E-state index is 12.9. The van der Waals surface area contributed by atoms with Gasteiger partial charge in [0.25, 0.3) is 0 Å². The third-order valence-corrected chi connectivity index (χ3v) is 3.75. The van der Waals surface area contributed by atoms with Gasteiger partial charge >= 0.3 is 0 Å². The van der Waals surface area contributed by atoms with Gasteiger partial charge in [-0.25, -0.2) is 4.39 Å². The van der Waals surface area contributed by atoms with Crippen LogP contribution in [-0.4, -0.2) is 21.5 Å². The lowest BCUT2D eigenvalue weighted by Gasteiger charge is -2.15. The van der Waals surface area contributed by atoms with Crippen molar-refractivity contribution < 1.29 is 9.50 Å². The highest BCUT2D eigenvalue weighted by atomic mass is 35.5. The average Bonchev–Trinajstić information content (AvgIpc) is 2.63. The first kappa shape index (κ1) is 14.0. The van der Waals surface area contributed by atoms with Gasteiger partial charge in [-0.15, -0.1) is 0 Å². The summed E-state index contributed by atoms with van der Waals surface area (Å²) in [7, 11) is 1.83. The third-order valence-electron chi connectivity index (χ3n) is 3.26. The quantitative estimate of drug-likeness (QED) is 0.936. The predicted octanol–water partition coefficient (Wildman–Crippen LogP) is 2.84. The summed E-state index contributed by atoms with van der Waals surface area (Å²) in [5, 5.41) is 14.4. The summed E-state index contributed by atoms with van der Waals surface area (Å²) in [5.74, 6) is -0.400. The van der Waals surface area contributed by atoms with Crippen molar-refractivity contribution in [3.05, 3.63) is 52.1 Å². The zero-order chi connectivity index (χ0) is 14.0. The van der Waals surface area contributed by atoms with Crippen LogP contribution in [0.1, 0.15) is 22.9 Å². The molecule has 0 aliphatic rings. The molecule has 2 aromatic rings. The fraction of sp³-hybridized carbons (Fsp3) is 0.357.